The van der Waals surface area contributed by atoms with Gasteiger partial charge in [0.25, 0.3) is 0 Å². The van der Waals surface area contributed by atoms with Crippen molar-refractivity contribution in [2.75, 3.05) is 40.3 Å². The zero-order chi connectivity index (χ0) is 21.3. The summed E-state index contributed by atoms with van der Waals surface area (Å²) >= 11 is 0. The van der Waals surface area contributed by atoms with Gasteiger partial charge in [0.15, 0.2) is 5.96 Å². The van der Waals surface area contributed by atoms with Crippen molar-refractivity contribution < 1.29 is 4.79 Å². The minimum absolute atomic E-state index is 0. The summed E-state index contributed by atoms with van der Waals surface area (Å²) in [5.41, 5.74) is 1.33. The van der Waals surface area contributed by atoms with Crippen molar-refractivity contribution in [2.24, 2.45) is 10.9 Å². The predicted octanol–water partition coefficient (Wildman–Crippen LogP) is 3.12. The monoisotopic (exact) mass is 541 g/mol. The van der Waals surface area contributed by atoms with Crippen LogP contribution in [0.3, 0.4) is 0 Å². The van der Waals surface area contributed by atoms with Crippen LogP contribution in [-0.4, -0.2) is 74.0 Å². The molecule has 1 saturated carbocycles. The lowest BCUT2D eigenvalue weighted by molar-refractivity contribution is -0.134. The summed E-state index contributed by atoms with van der Waals surface area (Å²) in [7, 11) is 4.24. The molecule has 1 saturated heterocycles. The van der Waals surface area contributed by atoms with Gasteiger partial charge in [0.2, 0.25) is 5.91 Å². The Hall–Kier alpha value is -1.35. The van der Waals surface area contributed by atoms with Crippen LogP contribution in [0.25, 0.3) is 0 Å². The summed E-state index contributed by atoms with van der Waals surface area (Å²) in [4.78, 5) is 21.9. The average Bonchev–Trinajstić information content (AvgIpc) is 3.43. The maximum atomic E-state index is 12.7. The van der Waals surface area contributed by atoms with Gasteiger partial charge < -0.3 is 20.4 Å². The highest BCUT2D eigenvalue weighted by Gasteiger charge is 2.32. The number of aliphatic imine (C=N–C) groups is 1. The van der Waals surface area contributed by atoms with Crippen molar-refractivity contribution in [3.8, 4) is 0 Å². The molecule has 1 aliphatic carbocycles. The maximum absolute atomic E-state index is 12.7. The molecular formula is C24H40IN5O. The zero-order valence-electron chi connectivity index (χ0n) is 19.3. The smallest absolute Gasteiger partial charge is 0.225 e. The summed E-state index contributed by atoms with van der Waals surface area (Å²) in [6.45, 7) is 5.31. The summed E-state index contributed by atoms with van der Waals surface area (Å²) in [6, 6.07) is 11.2. The van der Waals surface area contributed by atoms with Gasteiger partial charge in [-0.2, -0.15) is 0 Å². The van der Waals surface area contributed by atoms with Crippen LogP contribution in [0.15, 0.2) is 35.3 Å². The number of carbonyl (C=O) groups is 1. The average molecular weight is 542 g/mol. The van der Waals surface area contributed by atoms with Gasteiger partial charge in [0.05, 0.1) is 6.54 Å². The lowest BCUT2D eigenvalue weighted by atomic mass is 10.1. The Balaban J connectivity index is 0.00000341. The lowest BCUT2D eigenvalue weighted by Crippen LogP contribution is -2.46. The molecule has 1 aromatic carbocycles. The third-order valence-corrected chi connectivity index (χ3v) is 6.39. The molecule has 2 unspecified atom stereocenters. The molecule has 7 heteroatoms. The Morgan fingerprint density at radius 3 is 2.55 bits per heavy atom. The van der Waals surface area contributed by atoms with E-state index in [0.29, 0.717) is 11.9 Å². The molecule has 1 amide bonds. The first-order chi connectivity index (χ1) is 14.6. The van der Waals surface area contributed by atoms with Crippen molar-refractivity contribution in [2.45, 2.75) is 57.5 Å². The van der Waals surface area contributed by atoms with E-state index in [1.165, 1.54) is 18.4 Å². The van der Waals surface area contributed by atoms with Gasteiger partial charge in [-0.25, -0.2) is 0 Å². The van der Waals surface area contributed by atoms with Crippen LogP contribution in [0.4, 0.5) is 0 Å². The fraction of sp³-hybridized carbons (Fsp3) is 0.667. The van der Waals surface area contributed by atoms with Crippen molar-refractivity contribution in [3.63, 3.8) is 0 Å². The summed E-state index contributed by atoms with van der Waals surface area (Å²) in [5, 5.41) is 6.96. The molecule has 2 atom stereocenters. The van der Waals surface area contributed by atoms with E-state index < -0.39 is 0 Å². The van der Waals surface area contributed by atoms with E-state index in [-0.39, 0.29) is 35.9 Å². The third kappa shape index (κ3) is 7.93. The number of carbonyl (C=O) groups excluding carboxylic acids is 1. The van der Waals surface area contributed by atoms with Gasteiger partial charge >= 0.3 is 0 Å². The molecule has 31 heavy (non-hydrogen) atoms. The Morgan fingerprint density at radius 1 is 1.19 bits per heavy atom. The number of hydrogen-bond donors (Lipinski definition) is 2. The minimum atomic E-state index is 0. The third-order valence-electron chi connectivity index (χ3n) is 6.39. The second kappa shape index (κ2) is 13.3. The highest BCUT2D eigenvalue weighted by molar-refractivity contribution is 14.0. The largest absolute Gasteiger partial charge is 0.357 e. The number of rotatable bonds is 8. The van der Waals surface area contributed by atoms with E-state index in [4.69, 9.17) is 4.99 Å². The summed E-state index contributed by atoms with van der Waals surface area (Å²) < 4.78 is 0. The molecular weight excluding hydrogens is 501 g/mol. The van der Waals surface area contributed by atoms with Crippen LogP contribution < -0.4 is 10.6 Å². The quantitative estimate of drug-likeness (QED) is 0.302. The zero-order valence-corrected chi connectivity index (χ0v) is 21.7. The Morgan fingerprint density at radius 2 is 1.90 bits per heavy atom. The Labute approximate surface area is 205 Å². The van der Waals surface area contributed by atoms with Crippen molar-refractivity contribution in [3.05, 3.63) is 35.9 Å². The molecule has 1 aromatic rings. The number of nitrogens with zero attached hydrogens (tertiary/aromatic N) is 3. The van der Waals surface area contributed by atoms with E-state index >= 15 is 0 Å². The van der Waals surface area contributed by atoms with Crippen molar-refractivity contribution >= 4 is 35.8 Å². The van der Waals surface area contributed by atoms with Crippen molar-refractivity contribution in [1.82, 2.24) is 20.4 Å². The van der Waals surface area contributed by atoms with Gasteiger partial charge in [-0.3, -0.25) is 9.79 Å². The van der Waals surface area contributed by atoms with E-state index in [0.717, 1.165) is 57.8 Å². The molecule has 174 valence electrons. The van der Waals surface area contributed by atoms with Crippen molar-refractivity contribution in [1.29, 1.82) is 0 Å². The first kappa shape index (κ1) is 25.9. The maximum Gasteiger partial charge on any atom is 0.225 e. The molecule has 0 aromatic heterocycles. The topological polar surface area (TPSA) is 60.0 Å². The predicted molar refractivity (Wildman–Crippen MR) is 139 cm³/mol. The molecule has 6 nitrogen and oxygen atoms in total. The number of likely N-dealkylation sites (tertiary alicyclic amines) is 1. The van der Waals surface area contributed by atoms with Crippen LogP contribution in [0.5, 0.6) is 0 Å². The van der Waals surface area contributed by atoms with Gasteiger partial charge in [-0.1, -0.05) is 43.2 Å². The second-order valence-corrected chi connectivity index (χ2v) is 8.92. The highest BCUT2D eigenvalue weighted by atomic mass is 127. The number of hydrogen-bond acceptors (Lipinski definition) is 3. The summed E-state index contributed by atoms with van der Waals surface area (Å²) in [5.74, 6) is 1.50. The molecule has 2 N–H and O–H groups in total. The van der Waals surface area contributed by atoms with Gasteiger partial charge in [0, 0.05) is 37.6 Å². The number of benzene rings is 1. The molecule has 2 aliphatic rings. The normalized spacial score (nSPS) is 20.6. The van der Waals surface area contributed by atoms with E-state index in [2.05, 4.69) is 71.8 Å². The summed E-state index contributed by atoms with van der Waals surface area (Å²) in [6.07, 6.45) is 6.53. The molecule has 2 fully saturated rings. The van der Waals surface area contributed by atoms with Crippen LogP contribution in [0.1, 0.15) is 44.6 Å². The number of halogens is 1. The van der Waals surface area contributed by atoms with Crippen LogP contribution in [0.2, 0.25) is 0 Å². The van der Waals surface area contributed by atoms with Gasteiger partial charge in [-0.15, -0.1) is 24.0 Å². The fourth-order valence-corrected chi connectivity index (χ4v) is 4.52. The lowest BCUT2D eigenvalue weighted by Gasteiger charge is -2.24. The van der Waals surface area contributed by atoms with Crippen LogP contribution in [0, 0.1) is 5.92 Å². The molecule has 0 radical (unpaired) electrons. The second-order valence-electron chi connectivity index (χ2n) is 8.92. The van der Waals surface area contributed by atoms with Gasteiger partial charge in [0.1, 0.15) is 0 Å². The van der Waals surface area contributed by atoms with Gasteiger partial charge in [-0.05, 0) is 52.3 Å². The number of likely N-dealkylation sites (N-methyl/N-ethyl adjacent to an activating group) is 1. The fourth-order valence-electron chi connectivity index (χ4n) is 4.52. The first-order valence-corrected chi connectivity index (χ1v) is 11.6. The van der Waals surface area contributed by atoms with E-state index in [9.17, 15) is 4.79 Å². The molecule has 1 heterocycles. The first-order valence-electron chi connectivity index (χ1n) is 11.6. The number of nitrogens with one attached hydrogen (secondary N) is 2. The SMILES string of the molecule is CCNC(=NCC(Cc1ccccc1)N(C)C)NC1CCN(C(=O)C2CCCC2)C1.I. The van der Waals surface area contributed by atoms with E-state index in [1.807, 2.05) is 0 Å². The number of amides is 1. The van der Waals surface area contributed by atoms with Crippen LogP contribution >= 0.6 is 24.0 Å². The molecule has 0 bridgehead atoms. The molecule has 3 rings (SSSR count). The Kier molecular flexibility index (Phi) is 11.1. The van der Waals surface area contributed by atoms with E-state index in [1.54, 1.807) is 0 Å². The standard InChI is InChI=1S/C24H39N5O.HI/c1-4-25-24(26-17-22(28(2)3)16-19-10-6-5-7-11-19)27-21-14-15-29(18-21)23(30)20-12-8-9-13-20;/h5-7,10-11,20-22H,4,8-9,12-18H2,1-3H3,(H2,25,26,27);1H. The number of guanidine groups is 1. The Bertz CT molecular complexity index is 690. The molecule has 0 spiro atoms. The van der Waals surface area contributed by atoms with Crippen LogP contribution in [-0.2, 0) is 11.2 Å². The minimum Gasteiger partial charge on any atom is -0.357 e. The highest BCUT2D eigenvalue weighted by Crippen LogP contribution is 2.27. The molecule has 1 aliphatic heterocycles.